The van der Waals surface area contributed by atoms with Crippen LogP contribution in [0.5, 0.6) is 0 Å². The molecule has 0 saturated heterocycles. The summed E-state index contributed by atoms with van der Waals surface area (Å²) in [7, 11) is 0. The van der Waals surface area contributed by atoms with E-state index in [0.717, 1.165) is 44.5 Å². The first-order valence-electron chi connectivity index (χ1n) is 21.2. The van der Waals surface area contributed by atoms with Gasteiger partial charge in [0.15, 0.2) is 0 Å². The average Bonchev–Trinajstić information content (AvgIpc) is 3.61. The molecule has 0 spiro atoms. The molecule has 0 heteroatoms. The Morgan fingerprint density at radius 3 is 1.51 bits per heavy atom. The molecule has 8 aromatic carbocycles. The van der Waals surface area contributed by atoms with Crippen LogP contribution < -0.4 is 0 Å². The van der Waals surface area contributed by atoms with Crippen molar-refractivity contribution in [3.63, 3.8) is 0 Å². The van der Waals surface area contributed by atoms with E-state index in [1.54, 1.807) is 6.07 Å². The Bertz CT molecular complexity index is 2990. The van der Waals surface area contributed by atoms with Crippen molar-refractivity contribution in [2.45, 2.75) is 6.42 Å². The predicted octanol–water partition coefficient (Wildman–Crippen LogP) is 12.2. The molecule has 0 heterocycles. The molecule has 0 unspecified atom stereocenters. The third-order valence-electron chi connectivity index (χ3n) is 8.63. The summed E-state index contributed by atoms with van der Waals surface area (Å²) in [6, 6.07) is 22.2. The number of benzene rings is 8. The van der Waals surface area contributed by atoms with Gasteiger partial charge in [0.2, 0.25) is 0 Å². The van der Waals surface area contributed by atoms with Gasteiger partial charge >= 0.3 is 0 Å². The molecular formula is C45H30. The highest BCUT2D eigenvalue weighted by atomic mass is 14.3. The molecule has 0 atom stereocenters. The third-order valence-corrected chi connectivity index (χ3v) is 8.63. The summed E-state index contributed by atoms with van der Waals surface area (Å²) in [6.45, 7) is 0. The van der Waals surface area contributed by atoms with E-state index in [9.17, 15) is 5.48 Å². The topological polar surface area (TPSA) is 0 Å². The van der Waals surface area contributed by atoms with E-state index in [0.29, 0.717) is 12.0 Å². The van der Waals surface area contributed by atoms with Crippen LogP contribution in [0.25, 0.3) is 77.2 Å². The van der Waals surface area contributed by atoms with Crippen LogP contribution in [-0.4, -0.2) is 0 Å². The van der Waals surface area contributed by atoms with Gasteiger partial charge in [-0.3, -0.25) is 0 Å². The standard InChI is InChI=1S/C45H30/c1-3-11-30(12-4-1)31-19-21-32(22-20-31)34-25-26-38-37(27-34)28-35-23-24-36(29-43(35)38)45-41-17-9-7-15-39(41)44(33-13-5-2-6-14-33)40-16-8-10-18-42(40)45/h1-27,29H,28H2/i2D,5D,6D,7D,8D,9D,10D,13D,14D,15D,16D,17D,18D. The molecule has 0 saturated carbocycles. The van der Waals surface area contributed by atoms with Crippen molar-refractivity contribution >= 4 is 21.5 Å². The largest absolute Gasteiger partial charge is 0.0629 e. The molecule has 0 nitrogen and oxygen atoms in total. The van der Waals surface area contributed by atoms with E-state index < -0.39 is 84.1 Å². The van der Waals surface area contributed by atoms with E-state index in [1.807, 2.05) is 42.5 Å². The average molecular weight is 584 g/mol. The van der Waals surface area contributed by atoms with Gasteiger partial charge in [0.05, 0.1) is 17.8 Å². The Kier molecular flexibility index (Phi) is 3.69. The fourth-order valence-corrected chi connectivity index (χ4v) is 6.55. The zero-order valence-electron chi connectivity index (χ0n) is 36.9. The number of hydrogen-bond donors (Lipinski definition) is 0. The van der Waals surface area contributed by atoms with Gasteiger partial charge in [0, 0.05) is 0 Å². The van der Waals surface area contributed by atoms with Gasteiger partial charge in [0.1, 0.15) is 0 Å². The molecule has 0 N–H and O–H groups in total. The van der Waals surface area contributed by atoms with Gasteiger partial charge in [-0.1, -0.05) is 163 Å². The Labute approximate surface area is 282 Å². The first-order chi connectivity index (χ1) is 27.7. The molecule has 0 fully saturated rings. The third kappa shape index (κ3) is 4.30. The molecule has 0 radical (unpaired) electrons. The fraction of sp³-hybridized carbons (Fsp3) is 0.0222. The molecule has 8 aromatic rings. The van der Waals surface area contributed by atoms with Crippen LogP contribution in [0.2, 0.25) is 0 Å². The van der Waals surface area contributed by atoms with Gasteiger partial charge in [-0.15, -0.1) is 0 Å². The second-order valence-electron chi connectivity index (χ2n) is 11.1. The second kappa shape index (κ2) is 10.5. The van der Waals surface area contributed by atoms with Crippen molar-refractivity contribution < 1.29 is 17.8 Å². The minimum absolute atomic E-state index is 0.0993. The van der Waals surface area contributed by atoms with Crippen molar-refractivity contribution in [1.82, 2.24) is 0 Å². The molecule has 1 aliphatic carbocycles. The molecule has 45 heavy (non-hydrogen) atoms. The normalized spacial score (nSPS) is 16.0. The van der Waals surface area contributed by atoms with Crippen LogP contribution in [0.1, 0.15) is 28.9 Å². The molecular weight excluding hydrogens is 540 g/mol. The van der Waals surface area contributed by atoms with Crippen molar-refractivity contribution in [2.75, 3.05) is 0 Å². The van der Waals surface area contributed by atoms with Crippen LogP contribution in [0.3, 0.4) is 0 Å². The summed E-state index contributed by atoms with van der Waals surface area (Å²) < 4.78 is 115. The van der Waals surface area contributed by atoms with E-state index in [-0.39, 0.29) is 32.7 Å². The maximum Gasteiger partial charge on any atom is 0.0629 e. The van der Waals surface area contributed by atoms with Crippen LogP contribution >= 0.6 is 0 Å². The predicted molar refractivity (Wildman–Crippen MR) is 191 cm³/mol. The van der Waals surface area contributed by atoms with Crippen molar-refractivity contribution in [3.8, 4) is 55.6 Å². The summed E-state index contributed by atoms with van der Waals surface area (Å²) in [5, 5.41) is -0.641. The minimum atomic E-state index is -0.701. The van der Waals surface area contributed by atoms with E-state index in [2.05, 4.69) is 42.5 Å². The number of hydrogen-bond acceptors (Lipinski definition) is 0. The van der Waals surface area contributed by atoms with Crippen molar-refractivity contribution in [2.24, 2.45) is 0 Å². The number of fused-ring (bicyclic) bond motifs is 5. The quantitative estimate of drug-likeness (QED) is 0.181. The van der Waals surface area contributed by atoms with Gasteiger partial charge < -0.3 is 0 Å². The highest BCUT2D eigenvalue weighted by Gasteiger charge is 2.22. The lowest BCUT2D eigenvalue weighted by Gasteiger charge is -2.18. The van der Waals surface area contributed by atoms with Crippen LogP contribution in [0.15, 0.2) is 170 Å². The summed E-state index contributed by atoms with van der Waals surface area (Å²) in [5.74, 6) is 0. The maximum atomic E-state index is 9.25. The van der Waals surface area contributed by atoms with Crippen LogP contribution in [0, 0.1) is 0 Å². The molecule has 0 aromatic heterocycles. The molecule has 0 bridgehead atoms. The minimum Gasteiger partial charge on any atom is -0.0622 e. The molecule has 1 aliphatic rings. The van der Waals surface area contributed by atoms with Gasteiger partial charge in [-0.05, 0) is 101 Å². The zero-order valence-corrected chi connectivity index (χ0v) is 23.9. The molecule has 0 amide bonds. The summed E-state index contributed by atoms with van der Waals surface area (Å²) in [4.78, 5) is 0. The zero-order chi connectivity index (χ0) is 41.1. The Morgan fingerprint density at radius 1 is 0.356 bits per heavy atom. The van der Waals surface area contributed by atoms with Crippen LogP contribution in [0.4, 0.5) is 0 Å². The molecule has 0 aliphatic heterocycles. The SMILES string of the molecule is [2H]c1c([2H])c([2H])c(-c2c3c([2H])c([2H])c([2H])c([2H])c3c(-c3ccc4c(c3)-c3ccc(-c5ccc(-c6ccccc6)cc5)cc3C4)c3c([2H])c([2H])c([2H])c([2H])c23)c([2H])c1[2H]. The maximum absolute atomic E-state index is 9.25. The molecule has 9 rings (SSSR count). The number of rotatable bonds is 4. The van der Waals surface area contributed by atoms with Crippen molar-refractivity contribution in [1.29, 1.82) is 0 Å². The first kappa shape index (κ1) is 15.8. The second-order valence-corrected chi connectivity index (χ2v) is 11.1. The van der Waals surface area contributed by atoms with Gasteiger partial charge in [0.25, 0.3) is 0 Å². The van der Waals surface area contributed by atoms with E-state index in [1.165, 1.54) is 0 Å². The van der Waals surface area contributed by atoms with Crippen molar-refractivity contribution in [3.05, 3.63) is 181 Å². The first-order valence-corrected chi connectivity index (χ1v) is 14.7. The highest BCUT2D eigenvalue weighted by Crippen LogP contribution is 2.46. The van der Waals surface area contributed by atoms with E-state index in [4.69, 9.17) is 12.3 Å². The monoisotopic (exact) mass is 583 g/mol. The smallest absolute Gasteiger partial charge is 0.0622 e. The van der Waals surface area contributed by atoms with Gasteiger partial charge in [-0.2, -0.15) is 0 Å². The summed E-state index contributed by atoms with van der Waals surface area (Å²) >= 11 is 0. The summed E-state index contributed by atoms with van der Waals surface area (Å²) in [6.07, 6.45) is 0.621. The summed E-state index contributed by atoms with van der Waals surface area (Å²) in [5.41, 5.74) is 8.04. The highest BCUT2D eigenvalue weighted by molar-refractivity contribution is 6.21. The molecule has 210 valence electrons. The lowest BCUT2D eigenvalue weighted by atomic mass is 9.85. The Hall–Kier alpha value is -5.72. The lowest BCUT2D eigenvalue weighted by molar-refractivity contribution is 1.26. The van der Waals surface area contributed by atoms with Crippen LogP contribution in [-0.2, 0) is 6.42 Å². The van der Waals surface area contributed by atoms with Gasteiger partial charge in [-0.25, -0.2) is 0 Å². The van der Waals surface area contributed by atoms with E-state index >= 15 is 0 Å². The Balaban J connectivity index is 1.32. The Morgan fingerprint density at radius 2 is 0.867 bits per heavy atom. The lowest BCUT2D eigenvalue weighted by Crippen LogP contribution is -1.91. The fourth-order valence-electron chi connectivity index (χ4n) is 6.55.